The van der Waals surface area contributed by atoms with Crippen molar-refractivity contribution < 1.29 is 19.1 Å². The molecule has 0 N–H and O–H groups in total. The van der Waals surface area contributed by atoms with Crippen molar-refractivity contribution in [3.63, 3.8) is 0 Å². The standard InChI is InChI=1S/C42H60N2O4/c1-25(45)47-31-11-17-41(5)27(19-31)7-9-33-35(41)13-15-39(3)23-29(21-37(33)39)43-44-30-22-38-34-10-8-28-20-32(48-26(2)46)12-18-42(28,6)36(34)14-16-40(38,4)24-30/h7-8,31-38H,9-24H2,1-6H3/b43-29-,44-30+/t31?,32?,33?,34?,35?,36?,37?,38?,39-,40+,41+,42-/m0/s1. The van der Waals surface area contributed by atoms with Crippen LogP contribution in [0.15, 0.2) is 33.5 Å². The molecule has 8 rings (SSSR count). The lowest BCUT2D eigenvalue weighted by molar-refractivity contribution is -0.149. The zero-order valence-corrected chi connectivity index (χ0v) is 30.6. The molecule has 6 fully saturated rings. The first kappa shape index (κ1) is 32.9. The molecule has 0 amide bonds. The van der Waals surface area contributed by atoms with Gasteiger partial charge in [0.15, 0.2) is 0 Å². The highest BCUT2D eigenvalue weighted by Crippen LogP contribution is 2.66. The maximum atomic E-state index is 11.7. The highest BCUT2D eigenvalue weighted by molar-refractivity contribution is 5.91. The van der Waals surface area contributed by atoms with Gasteiger partial charge in [0.25, 0.3) is 0 Å². The largest absolute Gasteiger partial charge is 0.462 e. The lowest BCUT2D eigenvalue weighted by Crippen LogP contribution is -2.49. The van der Waals surface area contributed by atoms with Crippen molar-refractivity contribution in [1.29, 1.82) is 0 Å². The van der Waals surface area contributed by atoms with Gasteiger partial charge < -0.3 is 9.47 Å². The Balaban J connectivity index is 0.961. The fraction of sp³-hybridized carbons (Fsp3) is 0.810. The van der Waals surface area contributed by atoms with Crippen LogP contribution in [0.2, 0.25) is 0 Å². The average molecular weight is 657 g/mol. The van der Waals surface area contributed by atoms with Crippen molar-refractivity contribution in [2.24, 2.45) is 67.4 Å². The first-order valence-corrected chi connectivity index (χ1v) is 19.6. The number of nitrogens with zero attached hydrogens (tertiary/aromatic N) is 2. The number of hydrogen-bond acceptors (Lipinski definition) is 6. The highest BCUT2D eigenvalue weighted by Gasteiger charge is 2.59. The van der Waals surface area contributed by atoms with E-state index in [0.717, 1.165) is 87.9 Å². The quantitative estimate of drug-likeness (QED) is 0.172. The second-order valence-corrected chi connectivity index (χ2v) is 18.9. The fourth-order valence-corrected chi connectivity index (χ4v) is 13.8. The second-order valence-electron chi connectivity index (χ2n) is 18.9. The van der Waals surface area contributed by atoms with Gasteiger partial charge in [-0.15, -0.1) is 0 Å². The van der Waals surface area contributed by atoms with Crippen molar-refractivity contribution in [2.75, 3.05) is 0 Å². The minimum absolute atomic E-state index is 0.0630. The molecule has 0 aromatic carbocycles. The van der Waals surface area contributed by atoms with E-state index in [1.165, 1.54) is 49.9 Å². The fourth-order valence-electron chi connectivity index (χ4n) is 13.8. The van der Waals surface area contributed by atoms with E-state index < -0.39 is 0 Å². The Kier molecular flexibility index (Phi) is 8.00. The molecule has 0 heterocycles. The molecule has 262 valence electrons. The van der Waals surface area contributed by atoms with E-state index in [9.17, 15) is 9.59 Å². The van der Waals surface area contributed by atoms with Gasteiger partial charge in [0, 0.05) is 38.1 Å². The van der Waals surface area contributed by atoms with Crippen molar-refractivity contribution in [1.82, 2.24) is 0 Å². The topological polar surface area (TPSA) is 77.3 Å². The number of carbonyl (C=O) groups is 2. The molecule has 0 bridgehead atoms. The summed E-state index contributed by atoms with van der Waals surface area (Å²) in [5.41, 5.74) is 7.03. The van der Waals surface area contributed by atoms with Crippen LogP contribution in [-0.2, 0) is 19.1 Å². The van der Waals surface area contributed by atoms with Crippen LogP contribution in [0.5, 0.6) is 0 Å². The molecule has 6 heteroatoms. The van der Waals surface area contributed by atoms with Crippen LogP contribution in [0.1, 0.15) is 144 Å². The molecule has 6 nitrogen and oxygen atoms in total. The Hall–Kier alpha value is -2.24. The van der Waals surface area contributed by atoms with Crippen LogP contribution in [0.25, 0.3) is 0 Å². The Bertz CT molecular complexity index is 1380. The molecule has 0 spiro atoms. The van der Waals surface area contributed by atoms with Gasteiger partial charge in [-0.2, -0.15) is 10.2 Å². The van der Waals surface area contributed by atoms with E-state index in [1.807, 2.05) is 0 Å². The number of fused-ring (bicyclic) bond motifs is 10. The third kappa shape index (κ3) is 5.31. The predicted octanol–water partition coefficient (Wildman–Crippen LogP) is 9.57. The van der Waals surface area contributed by atoms with E-state index in [2.05, 4.69) is 39.8 Å². The first-order valence-electron chi connectivity index (χ1n) is 19.6. The summed E-state index contributed by atoms with van der Waals surface area (Å²) in [6.07, 6.45) is 23.4. The molecule has 0 radical (unpaired) electrons. The summed E-state index contributed by atoms with van der Waals surface area (Å²) in [7, 11) is 0. The molecule has 6 saturated carbocycles. The van der Waals surface area contributed by atoms with E-state index in [-0.39, 0.29) is 35.0 Å². The third-order valence-corrected chi connectivity index (χ3v) is 16.3. The monoisotopic (exact) mass is 656 g/mol. The third-order valence-electron chi connectivity index (χ3n) is 16.3. The minimum atomic E-state index is -0.141. The van der Waals surface area contributed by atoms with Crippen LogP contribution >= 0.6 is 0 Å². The van der Waals surface area contributed by atoms with Crippen molar-refractivity contribution >= 4 is 23.4 Å². The van der Waals surface area contributed by atoms with Crippen molar-refractivity contribution in [3.05, 3.63) is 23.3 Å². The second kappa shape index (κ2) is 11.7. The van der Waals surface area contributed by atoms with Crippen molar-refractivity contribution in [3.8, 4) is 0 Å². The van der Waals surface area contributed by atoms with Gasteiger partial charge in [0.1, 0.15) is 12.2 Å². The zero-order valence-electron chi connectivity index (χ0n) is 30.6. The summed E-state index contributed by atoms with van der Waals surface area (Å²) >= 11 is 0. The van der Waals surface area contributed by atoms with E-state index >= 15 is 0 Å². The van der Waals surface area contributed by atoms with Crippen LogP contribution < -0.4 is 0 Å². The zero-order chi connectivity index (χ0) is 33.6. The summed E-state index contributed by atoms with van der Waals surface area (Å²) in [5.74, 6) is 4.02. The van der Waals surface area contributed by atoms with Gasteiger partial charge in [-0.1, -0.05) is 51.0 Å². The van der Waals surface area contributed by atoms with Gasteiger partial charge >= 0.3 is 11.9 Å². The summed E-state index contributed by atoms with van der Waals surface area (Å²) in [4.78, 5) is 23.3. The molecule has 0 aliphatic heterocycles. The molecular weight excluding hydrogens is 596 g/mol. The number of carbonyl (C=O) groups excluding carboxylic acids is 2. The number of esters is 2. The number of ether oxygens (including phenoxy) is 2. The highest BCUT2D eigenvalue weighted by atomic mass is 16.5. The smallest absolute Gasteiger partial charge is 0.302 e. The van der Waals surface area contributed by atoms with E-state index in [0.29, 0.717) is 22.7 Å². The maximum absolute atomic E-state index is 11.7. The Morgan fingerprint density at radius 2 is 1.02 bits per heavy atom. The molecular formula is C42H60N2O4. The van der Waals surface area contributed by atoms with Crippen LogP contribution in [0, 0.1) is 57.2 Å². The lowest BCUT2D eigenvalue weighted by Gasteiger charge is -2.57. The van der Waals surface area contributed by atoms with Gasteiger partial charge in [-0.3, -0.25) is 9.59 Å². The van der Waals surface area contributed by atoms with Gasteiger partial charge in [0.05, 0.1) is 0 Å². The average Bonchev–Trinajstić information content (AvgIpc) is 3.56. The Morgan fingerprint density at radius 1 is 0.604 bits per heavy atom. The summed E-state index contributed by atoms with van der Waals surface area (Å²) in [6.45, 7) is 13.3. The molecule has 0 saturated heterocycles. The molecule has 48 heavy (non-hydrogen) atoms. The summed E-state index contributed by atoms with van der Waals surface area (Å²) < 4.78 is 11.3. The molecule has 12 atom stereocenters. The van der Waals surface area contributed by atoms with E-state index in [4.69, 9.17) is 19.7 Å². The summed E-state index contributed by atoms with van der Waals surface area (Å²) in [6, 6.07) is 0. The summed E-state index contributed by atoms with van der Waals surface area (Å²) in [5, 5.41) is 10.3. The molecule has 8 aliphatic carbocycles. The minimum Gasteiger partial charge on any atom is -0.462 e. The molecule has 0 aromatic heterocycles. The maximum Gasteiger partial charge on any atom is 0.302 e. The lowest BCUT2D eigenvalue weighted by atomic mass is 9.48. The van der Waals surface area contributed by atoms with Crippen LogP contribution in [0.3, 0.4) is 0 Å². The van der Waals surface area contributed by atoms with Crippen molar-refractivity contribution in [2.45, 2.75) is 156 Å². The predicted molar refractivity (Wildman–Crippen MR) is 189 cm³/mol. The van der Waals surface area contributed by atoms with Gasteiger partial charge in [-0.25, -0.2) is 0 Å². The van der Waals surface area contributed by atoms with Gasteiger partial charge in [-0.05, 0) is 147 Å². The van der Waals surface area contributed by atoms with Gasteiger partial charge in [0.2, 0.25) is 0 Å². The van der Waals surface area contributed by atoms with Crippen LogP contribution in [0.4, 0.5) is 0 Å². The Labute approximate surface area is 289 Å². The van der Waals surface area contributed by atoms with Crippen LogP contribution in [-0.4, -0.2) is 35.6 Å². The molecule has 8 aliphatic rings. The normalized spacial score (nSPS) is 49.4. The molecule has 0 aromatic rings. The number of hydrogen-bond donors (Lipinski definition) is 0. The molecule has 8 unspecified atom stereocenters. The van der Waals surface area contributed by atoms with E-state index in [1.54, 1.807) is 25.0 Å². The number of rotatable bonds is 3. The Morgan fingerprint density at radius 3 is 1.42 bits per heavy atom. The number of allylic oxidation sites excluding steroid dienone is 2. The first-order chi connectivity index (χ1) is 22.8. The SMILES string of the molecule is CC(=O)OC1CC[C@@]2(C)C(=CCC3C4C/C(=N\N=C5\CC6C7CC=C8CC(OC(C)=O)CC[C@@]8(C)C7CC[C@@]6(C)C5)C[C@@]4(C)CCC32)C1.